The highest BCUT2D eigenvalue weighted by atomic mass is 32.2. The molecule has 1 heterocycles. The second-order valence-electron chi connectivity index (χ2n) is 2.95. The second-order valence-corrected chi connectivity index (χ2v) is 3.98. The third-order valence-electron chi connectivity index (χ3n) is 1.84. The minimum Gasteiger partial charge on any atom is -0.384 e. The molecule has 0 aliphatic heterocycles. The molecule has 0 saturated carbocycles. The number of hydrogen-bond acceptors (Lipinski definition) is 4. The third kappa shape index (κ3) is 2.19. The van der Waals surface area contributed by atoms with E-state index in [0.29, 0.717) is 15.6 Å². The maximum absolute atomic E-state index is 13.6. The number of hydrogen-bond donors (Lipinski definition) is 3. The van der Waals surface area contributed by atoms with Crippen LogP contribution in [-0.2, 0) is 0 Å². The predicted octanol–water partition coefficient (Wildman–Crippen LogP) is 1.38. The van der Waals surface area contributed by atoms with Gasteiger partial charge in [0.05, 0.1) is 4.90 Å². The SMILES string of the molecule is N=C(N)c1ccc(Sc2ncn[nH]2)c(F)c1. The molecule has 0 atom stereocenters. The number of nitrogens with one attached hydrogen (secondary N) is 2. The van der Waals surface area contributed by atoms with E-state index in [9.17, 15) is 4.39 Å². The van der Waals surface area contributed by atoms with Gasteiger partial charge in [0.25, 0.3) is 0 Å². The summed E-state index contributed by atoms with van der Waals surface area (Å²) in [6.45, 7) is 0. The van der Waals surface area contributed by atoms with Crippen molar-refractivity contribution in [1.29, 1.82) is 5.41 Å². The van der Waals surface area contributed by atoms with E-state index in [2.05, 4.69) is 15.2 Å². The lowest BCUT2D eigenvalue weighted by atomic mass is 10.2. The molecule has 0 aliphatic carbocycles. The summed E-state index contributed by atoms with van der Waals surface area (Å²) in [7, 11) is 0. The Kier molecular flexibility index (Phi) is 2.86. The largest absolute Gasteiger partial charge is 0.384 e. The number of H-pyrrole nitrogens is 1. The summed E-state index contributed by atoms with van der Waals surface area (Å²) in [4.78, 5) is 4.28. The molecule has 1 aromatic heterocycles. The number of benzene rings is 1. The summed E-state index contributed by atoms with van der Waals surface area (Å²) in [5, 5.41) is 14.0. The van der Waals surface area contributed by atoms with Crippen molar-refractivity contribution in [3.8, 4) is 0 Å². The van der Waals surface area contributed by atoms with Gasteiger partial charge < -0.3 is 5.73 Å². The minimum atomic E-state index is -0.436. The Morgan fingerprint density at radius 3 is 2.88 bits per heavy atom. The second kappa shape index (κ2) is 4.31. The standard InChI is InChI=1S/C9H8FN5S/c10-6-3-5(8(11)12)1-2-7(6)16-9-13-4-14-15-9/h1-4H,(H3,11,12)(H,13,14,15). The molecular weight excluding hydrogens is 229 g/mol. The van der Waals surface area contributed by atoms with Crippen molar-refractivity contribution in [1.82, 2.24) is 15.2 Å². The van der Waals surface area contributed by atoms with Crippen molar-refractivity contribution in [3.63, 3.8) is 0 Å². The normalized spacial score (nSPS) is 10.3. The first kappa shape index (κ1) is 10.6. The van der Waals surface area contributed by atoms with E-state index in [1.165, 1.54) is 12.4 Å². The first-order chi connectivity index (χ1) is 7.66. The Morgan fingerprint density at radius 1 is 1.50 bits per heavy atom. The van der Waals surface area contributed by atoms with E-state index in [1.807, 2.05) is 0 Å². The van der Waals surface area contributed by atoms with Crippen LogP contribution in [0.4, 0.5) is 4.39 Å². The summed E-state index contributed by atoms with van der Waals surface area (Å²) in [5.41, 5.74) is 5.61. The quantitative estimate of drug-likeness (QED) is 0.555. The number of aromatic nitrogens is 3. The van der Waals surface area contributed by atoms with Gasteiger partial charge in [-0.1, -0.05) is 0 Å². The van der Waals surface area contributed by atoms with Crippen LogP contribution >= 0.6 is 11.8 Å². The van der Waals surface area contributed by atoms with Gasteiger partial charge in [-0.3, -0.25) is 10.5 Å². The van der Waals surface area contributed by atoms with Crippen LogP contribution < -0.4 is 5.73 Å². The molecule has 0 saturated heterocycles. The van der Waals surface area contributed by atoms with Crippen LogP contribution in [0.15, 0.2) is 34.6 Å². The van der Waals surface area contributed by atoms with Crippen molar-refractivity contribution in [3.05, 3.63) is 35.9 Å². The topological polar surface area (TPSA) is 91.4 Å². The van der Waals surface area contributed by atoms with Gasteiger partial charge in [-0.15, -0.1) is 0 Å². The fourth-order valence-electron chi connectivity index (χ4n) is 1.10. The van der Waals surface area contributed by atoms with Crippen LogP contribution in [-0.4, -0.2) is 21.0 Å². The van der Waals surface area contributed by atoms with E-state index in [0.717, 1.165) is 11.8 Å². The summed E-state index contributed by atoms with van der Waals surface area (Å²) >= 11 is 1.13. The molecule has 4 N–H and O–H groups in total. The van der Waals surface area contributed by atoms with Crippen molar-refractivity contribution in [2.75, 3.05) is 0 Å². The molecule has 16 heavy (non-hydrogen) atoms. The van der Waals surface area contributed by atoms with Crippen molar-refractivity contribution in [2.24, 2.45) is 5.73 Å². The van der Waals surface area contributed by atoms with E-state index in [-0.39, 0.29) is 5.84 Å². The Hall–Kier alpha value is -1.89. The minimum absolute atomic E-state index is 0.157. The summed E-state index contributed by atoms with van der Waals surface area (Å²) in [6, 6.07) is 4.37. The lowest BCUT2D eigenvalue weighted by Gasteiger charge is -2.02. The first-order valence-corrected chi connectivity index (χ1v) is 5.15. The molecule has 0 fully saturated rings. The van der Waals surface area contributed by atoms with Gasteiger partial charge in [0.2, 0.25) is 0 Å². The number of aromatic amines is 1. The van der Waals surface area contributed by atoms with Gasteiger partial charge in [0.1, 0.15) is 18.0 Å². The van der Waals surface area contributed by atoms with Crippen LogP contribution in [0.1, 0.15) is 5.56 Å². The lowest BCUT2D eigenvalue weighted by Crippen LogP contribution is -2.11. The monoisotopic (exact) mass is 237 g/mol. The maximum atomic E-state index is 13.6. The molecule has 0 radical (unpaired) electrons. The van der Waals surface area contributed by atoms with Gasteiger partial charge in [-0.25, -0.2) is 9.37 Å². The van der Waals surface area contributed by atoms with Gasteiger partial charge in [-0.05, 0) is 30.0 Å². The smallest absolute Gasteiger partial charge is 0.188 e. The zero-order valence-corrected chi connectivity index (χ0v) is 8.88. The third-order valence-corrected chi connectivity index (χ3v) is 2.78. The highest BCUT2D eigenvalue weighted by Gasteiger charge is 2.08. The van der Waals surface area contributed by atoms with Crippen LogP contribution in [0.3, 0.4) is 0 Å². The number of nitrogens with two attached hydrogens (primary N) is 1. The number of amidine groups is 1. The van der Waals surface area contributed by atoms with Gasteiger partial charge in [0.15, 0.2) is 5.16 Å². The van der Waals surface area contributed by atoms with Crippen LogP contribution in [0.2, 0.25) is 0 Å². The van der Waals surface area contributed by atoms with E-state index < -0.39 is 5.82 Å². The summed E-state index contributed by atoms with van der Waals surface area (Å²) in [5.74, 6) is -0.593. The van der Waals surface area contributed by atoms with Gasteiger partial charge in [0, 0.05) is 5.56 Å². The maximum Gasteiger partial charge on any atom is 0.188 e. The number of rotatable bonds is 3. The Morgan fingerprint density at radius 2 is 2.31 bits per heavy atom. The first-order valence-electron chi connectivity index (χ1n) is 4.34. The Bertz CT molecular complexity index is 511. The highest BCUT2D eigenvalue weighted by molar-refractivity contribution is 7.99. The van der Waals surface area contributed by atoms with E-state index in [1.54, 1.807) is 12.1 Å². The fraction of sp³-hybridized carbons (Fsp3) is 0. The number of nitrogens with zero attached hydrogens (tertiary/aromatic N) is 2. The van der Waals surface area contributed by atoms with E-state index in [4.69, 9.17) is 11.1 Å². The van der Waals surface area contributed by atoms with Crippen molar-refractivity contribution >= 4 is 17.6 Å². The molecule has 0 unspecified atom stereocenters. The molecular formula is C9H8FN5S. The lowest BCUT2D eigenvalue weighted by molar-refractivity contribution is 0.601. The zero-order chi connectivity index (χ0) is 11.5. The molecule has 7 heteroatoms. The summed E-state index contributed by atoms with van der Waals surface area (Å²) < 4.78 is 13.6. The average molecular weight is 237 g/mol. The van der Waals surface area contributed by atoms with E-state index >= 15 is 0 Å². The molecule has 0 bridgehead atoms. The number of halogens is 1. The van der Waals surface area contributed by atoms with Crippen LogP contribution in [0, 0.1) is 11.2 Å². The molecule has 0 amide bonds. The Labute approximate surface area is 94.8 Å². The number of nitrogen functional groups attached to an aromatic ring is 1. The van der Waals surface area contributed by atoms with Crippen molar-refractivity contribution < 1.29 is 4.39 Å². The molecule has 2 aromatic rings. The Balaban J connectivity index is 2.26. The van der Waals surface area contributed by atoms with Crippen molar-refractivity contribution in [2.45, 2.75) is 10.1 Å². The van der Waals surface area contributed by atoms with Gasteiger partial charge in [-0.2, -0.15) is 5.10 Å². The average Bonchev–Trinajstić information content (AvgIpc) is 2.73. The predicted molar refractivity (Wildman–Crippen MR) is 57.9 cm³/mol. The molecule has 82 valence electrons. The molecule has 0 spiro atoms. The fourth-order valence-corrected chi connectivity index (χ4v) is 1.80. The van der Waals surface area contributed by atoms with Crippen LogP contribution in [0.25, 0.3) is 0 Å². The zero-order valence-electron chi connectivity index (χ0n) is 8.07. The van der Waals surface area contributed by atoms with Gasteiger partial charge >= 0.3 is 0 Å². The summed E-state index contributed by atoms with van der Waals surface area (Å²) in [6.07, 6.45) is 1.35. The molecule has 5 nitrogen and oxygen atoms in total. The highest BCUT2D eigenvalue weighted by Crippen LogP contribution is 2.27. The molecule has 0 aliphatic rings. The van der Waals surface area contributed by atoms with Crippen LogP contribution in [0.5, 0.6) is 0 Å². The molecule has 1 aromatic carbocycles. The molecule has 2 rings (SSSR count).